The molecule has 6 heteroatoms. The molecule has 0 unspecified atom stereocenters. The third kappa shape index (κ3) is 2.10. The Morgan fingerprint density at radius 2 is 2.10 bits per heavy atom. The third-order valence-corrected chi connectivity index (χ3v) is 3.13. The molecule has 0 aliphatic rings. The standard InChI is InChI=1S/C15H10FNO4/c1-20-15(19)14(18)12-9-7-8(16)4-5-10(9)17-13(12)11-3-2-6-21-11/h2-7,17H,1H3. The SMILES string of the molecule is COC(=O)C(=O)c1c(-c2ccco2)[nH]c2ccc(F)cc12. The molecule has 0 amide bonds. The molecule has 0 aliphatic heterocycles. The lowest BCUT2D eigenvalue weighted by atomic mass is 10.0. The van der Waals surface area contributed by atoms with E-state index in [0.29, 0.717) is 22.4 Å². The highest BCUT2D eigenvalue weighted by atomic mass is 19.1. The van der Waals surface area contributed by atoms with Crippen molar-refractivity contribution in [3.05, 3.63) is 48.0 Å². The molecule has 0 spiro atoms. The Morgan fingerprint density at radius 3 is 2.76 bits per heavy atom. The topological polar surface area (TPSA) is 72.3 Å². The Morgan fingerprint density at radius 1 is 1.29 bits per heavy atom. The minimum atomic E-state index is -1.02. The predicted octanol–water partition coefficient (Wildman–Crippen LogP) is 2.92. The Bertz CT molecular complexity index is 833. The second kappa shape index (κ2) is 4.90. The van der Waals surface area contributed by atoms with Gasteiger partial charge in [0.05, 0.1) is 24.6 Å². The molecule has 1 aromatic carbocycles. The van der Waals surface area contributed by atoms with E-state index in [1.807, 2.05) is 0 Å². The molecule has 0 bridgehead atoms. The van der Waals surface area contributed by atoms with Gasteiger partial charge in [-0.3, -0.25) is 4.79 Å². The first-order valence-electron chi connectivity index (χ1n) is 6.09. The van der Waals surface area contributed by atoms with E-state index in [9.17, 15) is 14.0 Å². The molecule has 2 aromatic heterocycles. The van der Waals surface area contributed by atoms with Gasteiger partial charge in [-0.2, -0.15) is 0 Å². The Hall–Kier alpha value is -2.89. The molecular formula is C15H10FNO4. The monoisotopic (exact) mass is 287 g/mol. The van der Waals surface area contributed by atoms with Crippen LogP contribution in [0.25, 0.3) is 22.4 Å². The Balaban J connectivity index is 2.32. The number of aromatic amines is 1. The Labute approximate surface area is 118 Å². The summed E-state index contributed by atoms with van der Waals surface area (Å²) >= 11 is 0. The van der Waals surface area contributed by atoms with Gasteiger partial charge in [-0.15, -0.1) is 0 Å². The number of ketones is 1. The summed E-state index contributed by atoms with van der Waals surface area (Å²) in [6.45, 7) is 0. The van der Waals surface area contributed by atoms with Gasteiger partial charge in [0.2, 0.25) is 0 Å². The van der Waals surface area contributed by atoms with Crippen molar-refractivity contribution >= 4 is 22.7 Å². The first-order chi connectivity index (χ1) is 10.1. The summed E-state index contributed by atoms with van der Waals surface area (Å²) in [7, 11) is 1.11. The number of hydrogen-bond acceptors (Lipinski definition) is 4. The van der Waals surface area contributed by atoms with Gasteiger partial charge >= 0.3 is 5.97 Å². The second-order valence-corrected chi connectivity index (χ2v) is 4.36. The lowest BCUT2D eigenvalue weighted by molar-refractivity contribution is -0.135. The van der Waals surface area contributed by atoms with Crippen LogP contribution in [0.4, 0.5) is 4.39 Å². The van der Waals surface area contributed by atoms with Crippen LogP contribution in [0.5, 0.6) is 0 Å². The van der Waals surface area contributed by atoms with E-state index in [-0.39, 0.29) is 5.56 Å². The minimum absolute atomic E-state index is 0.0336. The van der Waals surface area contributed by atoms with Crippen molar-refractivity contribution < 1.29 is 23.1 Å². The van der Waals surface area contributed by atoms with E-state index >= 15 is 0 Å². The lowest BCUT2D eigenvalue weighted by Crippen LogP contribution is -2.16. The fourth-order valence-corrected chi connectivity index (χ4v) is 2.20. The summed E-state index contributed by atoms with van der Waals surface area (Å²) in [6.07, 6.45) is 1.44. The van der Waals surface area contributed by atoms with Crippen LogP contribution in [0.3, 0.4) is 0 Å². The van der Waals surface area contributed by atoms with Crippen LogP contribution in [-0.2, 0) is 9.53 Å². The predicted molar refractivity (Wildman–Crippen MR) is 72.3 cm³/mol. The molecule has 21 heavy (non-hydrogen) atoms. The van der Waals surface area contributed by atoms with E-state index in [1.165, 1.54) is 24.5 Å². The lowest BCUT2D eigenvalue weighted by Gasteiger charge is -2.00. The maximum Gasteiger partial charge on any atom is 0.379 e. The number of halogens is 1. The van der Waals surface area contributed by atoms with Crippen molar-refractivity contribution in [3.8, 4) is 11.5 Å². The highest BCUT2D eigenvalue weighted by Crippen LogP contribution is 2.31. The van der Waals surface area contributed by atoms with E-state index in [1.54, 1.807) is 12.1 Å². The molecule has 2 heterocycles. The number of nitrogens with one attached hydrogen (secondary N) is 1. The van der Waals surface area contributed by atoms with Crippen molar-refractivity contribution in [1.82, 2.24) is 4.98 Å². The summed E-state index contributed by atoms with van der Waals surface area (Å²) in [4.78, 5) is 26.7. The van der Waals surface area contributed by atoms with Crippen molar-refractivity contribution in [2.45, 2.75) is 0 Å². The molecule has 0 saturated heterocycles. The van der Waals surface area contributed by atoms with Crippen molar-refractivity contribution in [2.24, 2.45) is 0 Å². The van der Waals surface area contributed by atoms with Crippen LogP contribution in [0.2, 0.25) is 0 Å². The van der Waals surface area contributed by atoms with E-state index in [4.69, 9.17) is 4.42 Å². The summed E-state index contributed by atoms with van der Waals surface area (Å²) < 4.78 is 23.2. The summed E-state index contributed by atoms with van der Waals surface area (Å²) in [5.41, 5.74) is 0.873. The molecule has 0 atom stereocenters. The number of fused-ring (bicyclic) bond motifs is 1. The average molecular weight is 287 g/mol. The van der Waals surface area contributed by atoms with Crippen LogP contribution >= 0.6 is 0 Å². The molecule has 0 radical (unpaired) electrons. The van der Waals surface area contributed by atoms with Crippen molar-refractivity contribution in [2.75, 3.05) is 7.11 Å². The molecule has 106 valence electrons. The van der Waals surface area contributed by atoms with Gasteiger partial charge in [-0.05, 0) is 30.3 Å². The van der Waals surface area contributed by atoms with E-state index < -0.39 is 17.6 Å². The molecule has 1 N–H and O–H groups in total. The third-order valence-electron chi connectivity index (χ3n) is 3.13. The highest BCUT2D eigenvalue weighted by Gasteiger charge is 2.27. The molecular weight excluding hydrogens is 277 g/mol. The fraction of sp³-hybridized carbons (Fsp3) is 0.0667. The van der Waals surface area contributed by atoms with Gasteiger partial charge < -0.3 is 14.1 Å². The van der Waals surface area contributed by atoms with E-state index in [2.05, 4.69) is 9.72 Å². The quantitative estimate of drug-likeness (QED) is 0.456. The summed E-state index contributed by atoms with van der Waals surface area (Å²) in [5.74, 6) is -2.01. The largest absolute Gasteiger partial charge is 0.463 e. The number of rotatable bonds is 3. The normalized spacial score (nSPS) is 10.8. The number of aromatic nitrogens is 1. The number of esters is 1. The fourth-order valence-electron chi connectivity index (χ4n) is 2.20. The zero-order chi connectivity index (χ0) is 15.0. The molecule has 0 saturated carbocycles. The number of benzene rings is 1. The van der Waals surface area contributed by atoms with Crippen LogP contribution in [-0.4, -0.2) is 23.8 Å². The van der Waals surface area contributed by atoms with Crippen LogP contribution in [0.15, 0.2) is 41.0 Å². The van der Waals surface area contributed by atoms with E-state index in [0.717, 1.165) is 7.11 Å². The van der Waals surface area contributed by atoms with Gasteiger partial charge in [0.15, 0.2) is 5.76 Å². The van der Waals surface area contributed by atoms with Crippen LogP contribution in [0.1, 0.15) is 10.4 Å². The Kier molecular flexibility index (Phi) is 3.06. The summed E-state index contributed by atoms with van der Waals surface area (Å²) in [6, 6.07) is 7.22. The van der Waals surface area contributed by atoms with Crippen LogP contribution in [0, 0.1) is 5.82 Å². The van der Waals surface area contributed by atoms with Crippen molar-refractivity contribution in [3.63, 3.8) is 0 Å². The number of furan rings is 1. The van der Waals surface area contributed by atoms with Gasteiger partial charge in [-0.1, -0.05) is 0 Å². The maximum atomic E-state index is 13.4. The number of methoxy groups -OCH3 is 1. The number of ether oxygens (including phenoxy) is 1. The summed E-state index contributed by atoms with van der Waals surface area (Å²) in [5, 5.41) is 0.303. The van der Waals surface area contributed by atoms with Gasteiger partial charge in [0.25, 0.3) is 5.78 Å². The number of hydrogen-bond donors (Lipinski definition) is 1. The second-order valence-electron chi connectivity index (χ2n) is 4.36. The maximum absolute atomic E-state index is 13.4. The highest BCUT2D eigenvalue weighted by molar-refractivity contribution is 6.44. The number of H-pyrrole nitrogens is 1. The molecule has 3 aromatic rings. The molecule has 0 aliphatic carbocycles. The van der Waals surface area contributed by atoms with Crippen molar-refractivity contribution in [1.29, 1.82) is 0 Å². The van der Waals surface area contributed by atoms with Gasteiger partial charge in [0.1, 0.15) is 5.82 Å². The molecule has 3 rings (SSSR count). The van der Waals surface area contributed by atoms with Crippen LogP contribution < -0.4 is 0 Å². The average Bonchev–Trinajstić information content (AvgIpc) is 3.12. The number of carbonyl (C=O) groups excluding carboxylic acids is 2. The first kappa shape index (κ1) is 13.1. The minimum Gasteiger partial charge on any atom is -0.463 e. The zero-order valence-electron chi connectivity index (χ0n) is 11.0. The molecule has 5 nitrogen and oxygen atoms in total. The smallest absolute Gasteiger partial charge is 0.379 e. The van der Waals surface area contributed by atoms with Gasteiger partial charge in [-0.25, -0.2) is 9.18 Å². The first-order valence-corrected chi connectivity index (χ1v) is 6.09. The zero-order valence-corrected chi connectivity index (χ0v) is 11.0. The molecule has 0 fully saturated rings. The van der Waals surface area contributed by atoms with Gasteiger partial charge in [0, 0.05) is 10.9 Å². The number of Topliss-reactive ketones (excluding diaryl/α,β-unsaturated/α-hetero) is 1. The number of carbonyl (C=O) groups is 2.